The molecule has 2 heterocycles. The van der Waals surface area contributed by atoms with Crippen LogP contribution in [0.1, 0.15) is 46.1 Å². The van der Waals surface area contributed by atoms with Gasteiger partial charge in [0.25, 0.3) is 0 Å². The maximum atomic E-state index is 12.7. The molecule has 1 aromatic heterocycles. The van der Waals surface area contributed by atoms with E-state index in [-0.39, 0.29) is 5.97 Å². The highest BCUT2D eigenvalue weighted by Crippen LogP contribution is 2.38. The molecule has 1 aliphatic heterocycles. The first-order valence-corrected chi connectivity index (χ1v) is 12.5. The van der Waals surface area contributed by atoms with E-state index in [4.69, 9.17) is 21.7 Å². The summed E-state index contributed by atoms with van der Waals surface area (Å²) in [4.78, 5) is 18.6. The Morgan fingerprint density at radius 1 is 1.19 bits per heavy atom. The van der Waals surface area contributed by atoms with Crippen molar-refractivity contribution in [1.82, 2.24) is 9.80 Å². The molecule has 172 valence electrons. The van der Waals surface area contributed by atoms with E-state index in [0.717, 1.165) is 68.3 Å². The van der Waals surface area contributed by atoms with Gasteiger partial charge in [-0.3, -0.25) is 4.90 Å². The van der Waals surface area contributed by atoms with E-state index in [1.54, 1.807) is 18.4 Å². The first-order valence-electron chi connectivity index (χ1n) is 11.3. The van der Waals surface area contributed by atoms with Crippen LogP contribution in [0.3, 0.4) is 0 Å². The van der Waals surface area contributed by atoms with Crippen LogP contribution in [0, 0.1) is 0 Å². The van der Waals surface area contributed by atoms with Crippen molar-refractivity contribution in [3.63, 3.8) is 0 Å². The normalized spacial score (nSPS) is 16.4. The largest absolute Gasteiger partial charge is 0.497 e. The first-order chi connectivity index (χ1) is 15.6. The van der Waals surface area contributed by atoms with Crippen molar-refractivity contribution < 1.29 is 14.3 Å². The molecule has 1 saturated heterocycles. The van der Waals surface area contributed by atoms with Gasteiger partial charge in [0.15, 0.2) is 5.11 Å². The van der Waals surface area contributed by atoms with Gasteiger partial charge in [-0.2, -0.15) is 0 Å². The van der Waals surface area contributed by atoms with Crippen molar-refractivity contribution in [2.45, 2.75) is 39.2 Å². The van der Waals surface area contributed by atoms with Crippen molar-refractivity contribution >= 4 is 39.6 Å². The number of anilines is 1. The third-order valence-electron chi connectivity index (χ3n) is 6.07. The zero-order valence-electron chi connectivity index (χ0n) is 18.8. The lowest BCUT2D eigenvalue weighted by Crippen LogP contribution is -2.49. The number of methoxy groups -OCH3 is 1. The fourth-order valence-electron chi connectivity index (χ4n) is 4.39. The monoisotopic (exact) mass is 473 g/mol. The first kappa shape index (κ1) is 23.0. The number of carbonyl (C=O) groups excluding carboxylic acids is 1. The van der Waals surface area contributed by atoms with E-state index in [1.165, 1.54) is 16.9 Å². The number of nitrogens with zero attached hydrogens (tertiary/aromatic N) is 2. The third kappa shape index (κ3) is 5.24. The summed E-state index contributed by atoms with van der Waals surface area (Å²) in [6.07, 6.45) is 4.27. The van der Waals surface area contributed by atoms with E-state index in [1.807, 2.05) is 19.1 Å². The molecule has 1 aromatic carbocycles. The van der Waals surface area contributed by atoms with Crippen molar-refractivity contribution in [2.24, 2.45) is 0 Å². The molecule has 0 saturated carbocycles. The van der Waals surface area contributed by atoms with Crippen LogP contribution in [0.5, 0.6) is 5.75 Å². The van der Waals surface area contributed by atoms with Gasteiger partial charge in [-0.05, 0) is 68.1 Å². The average Bonchev–Trinajstić information content (AvgIpc) is 3.17. The van der Waals surface area contributed by atoms with Gasteiger partial charge >= 0.3 is 5.97 Å². The molecule has 1 fully saturated rings. The molecule has 1 N–H and O–H groups in total. The van der Waals surface area contributed by atoms with Crippen LogP contribution in [0.2, 0.25) is 0 Å². The predicted molar refractivity (Wildman–Crippen MR) is 133 cm³/mol. The molecule has 32 heavy (non-hydrogen) atoms. The summed E-state index contributed by atoms with van der Waals surface area (Å²) in [5.41, 5.74) is 3.11. The molecular formula is C24H31N3O3S2. The van der Waals surface area contributed by atoms with Gasteiger partial charge in [-0.15, -0.1) is 11.3 Å². The lowest BCUT2D eigenvalue weighted by atomic mass is 9.95. The average molecular weight is 474 g/mol. The van der Waals surface area contributed by atoms with Gasteiger partial charge in [0.2, 0.25) is 0 Å². The summed E-state index contributed by atoms with van der Waals surface area (Å²) in [6.45, 7) is 6.71. The highest BCUT2D eigenvalue weighted by Gasteiger charge is 2.28. The lowest BCUT2D eigenvalue weighted by Gasteiger charge is -2.36. The Morgan fingerprint density at radius 2 is 1.97 bits per heavy atom. The van der Waals surface area contributed by atoms with Crippen LogP contribution in [-0.4, -0.2) is 60.8 Å². The summed E-state index contributed by atoms with van der Waals surface area (Å²) in [7, 11) is 1.70. The molecule has 2 aliphatic rings. The van der Waals surface area contributed by atoms with Crippen molar-refractivity contribution in [3.05, 3.63) is 45.8 Å². The van der Waals surface area contributed by atoms with Crippen LogP contribution in [-0.2, 0) is 24.1 Å². The molecule has 0 atom stereocenters. The molecule has 8 heteroatoms. The Hall–Kier alpha value is -2.16. The Morgan fingerprint density at radius 3 is 2.72 bits per heavy atom. The zero-order valence-corrected chi connectivity index (χ0v) is 20.4. The van der Waals surface area contributed by atoms with Gasteiger partial charge in [-0.1, -0.05) is 12.1 Å². The minimum Gasteiger partial charge on any atom is -0.497 e. The van der Waals surface area contributed by atoms with Crippen LogP contribution in [0.4, 0.5) is 5.00 Å². The number of carbonyl (C=O) groups is 1. The number of benzene rings is 1. The molecule has 0 amide bonds. The number of hydrogen-bond acceptors (Lipinski definition) is 6. The van der Waals surface area contributed by atoms with Crippen molar-refractivity contribution in [2.75, 3.05) is 45.2 Å². The Bertz CT molecular complexity index is 967. The molecule has 0 unspecified atom stereocenters. The Balaban J connectivity index is 1.38. The van der Waals surface area contributed by atoms with E-state index >= 15 is 0 Å². The third-order valence-corrected chi connectivity index (χ3v) is 7.64. The van der Waals surface area contributed by atoms with Crippen molar-refractivity contribution in [3.8, 4) is 5.75 Å². The van der Waals surface area contributed by atoms with Crippen LogP contribution >= 0.6 is 23.6 Å². The number of thiophene rings is 1. The number of esters is 1. The van der Waals surface area contributed by atoms with Gasteiger partial charge < -0.3 is 19.7 Å². The minimum absolute atomic E-state index is 0.236. The number of rotatable bonds is 6. The maximum Gasteiger partial charge on any atom is 0.341 e. The maximum absolute atomic E-state index is 12.7. The summed E-state index contributed by atoms with van der Waals surface area (Å²) < 4.78 is 10.7. The summed E-state index contributed by atoms with van der Waals surface area (Å²) in [6, 6.07) is 8.23. The topological polar surface area (TPSA) is 54.0 Å². The van der Waals surface area contributed by atoms with Crippen LogP contribution < -0.4 is 10.1 Å². The molecule has 4 rings (SSSR count). The SMILES string of the molecule is CCOC(=O)c1c(NC(=S)N2CCN(Cc3cccc(OC)c3)CC2)sc2c1CCCC2. The number of aryl methyl sites for hydroxylation is 1. The Kier molecular flexibility index (Phi) is 7.65. The quantitative estimate of drug-likeness (QED) is 0.495. The number of piperazine rings is 1. The molecule has 2 aromatic rings. The highest BCUT2D eigenvalue weighted by atomic mass is 32.1. The standard InChI is InChI=1S/C24H31N3O3S2/c1-3-30-23(28)21-19-9-4-5-10-20(19)32-22(21)25-24(31)27-13-11-26(12-14-27)16-17-7-6-8-18(15-17)29-2/h6-8,15H,3-5,9-14,16H2,1-2H3,(H,25,31). The van der Waals surface area contributed by atoms with E-state index in [0.29, 0.717) is 17.3 Å². The smallest absolute Gasteiger partial charge is 0.341 e. The summed E-state index contributed by atoms with van der Waals surface area (Å²) in [5.74, 6) is 0.655. The number of nitrogens with one attached hydrogen (secondary N) is 1. The molecule has 1 aliphatic carbocycles. The van der Waals surface area contributed by atoms with Gasteiger partial charge in [0.1, 0.15) is 10.8 Å². The molecule has 0 radical (unpaired) electrons. The molecule has 6 nitrogen and oxygen atoms in total. The second-order valence-corrected chi connectivity index (χ2v) is 9.67. The second-order valence-electron chi connectivity index (χ2n) is 8.18. The number of fused-ring (bicyclic) bond motifs is 1. The number of thiocarbonyl (C=S) groups is 1. The van der Waals surface area contributed by atoms with Gasteiger partial charge in [0, 0.05) is 37.6 Å². The second kappa shape index (κ2) is 10.6. The fourth-order valence-corrected chi connectivity index (χ4v) is 6.01. The van der Waals surface area contributed by atoms with E-state index < -0.39 is 0 Å². The summed E-state index contributed by atoms with van der Waals surface area (Å²) >= 11 is 7.41. The lowest BCUT2D eigenvalue weighted by molar-refractivity contribution is 0.0526. The molecule has 0 bridgehead atoms. The fraction of sp³-hybridized carbons (Fsp3) is 0.500. The van der Waals surface area contributed by atoms with E-state index in [9.17, 15) is 4.79 Å². The zero-order chi connectivity index (χ0) is 22.5. The molecular weight excluding hydrogens is 442 g/mol. The highest BCUT2D eigenvalue weighted by molar-refractivity contribution is 7.80. The Labute approximate surface area is 199 Å². The minimum atomic E-state index is -0.236. The van der Waals surface area contributed by atoms with Crippen molar-refractivity contribution in [1.29, 1.82) is 0 Å². The van der Waals surface area contributed by atoms with E-state index in [2.05, 4.69) is 27.2 Å². The van der Waals surface area contributed by atoms with Crippen LogP contribution in [0.15, 0.2) is 24.3 Å². The number of ether oxygens (including phenoxy) is 2. The molecule has 0 spiro atoms. The van der Waals surface area contributed by atoms with Gasteiger partial charge in [-0.25, -0.2) is 4.79 Å². The predicted octanol–water partition coefficient (Wildman–Crippen LogP) is 4.33. The van der Waals surface area contributed by atoms with Gasteiger partial charge in [0.05, 0.1) is 19.3 Å². The summed E-state index contributed by atoms with van der Waals surface area (Å²) in [5, 5.41) is 4.93. The van der Waals surface area contributed by atoms with Crippen LogP contribution in [0.25, 0.3) is 0 Å². The number of hydrogen-bond donors (Lipinski definition) is 1.